The third-order valence-electron chi connectivity index (χ3n) is 4.38. The number of aromatic nitrogens is 5. The van der Waals surface area contributed by atoms with E-state index < -0.39 is 0 Å². The highest BCUT2D eigenvalue weighted by molar-refractivity contribution is 5.62. The van der Waals surface area contributed by atoms with E-state index in [1.807, 2.05) is 0 Å². The molecule has 7 heteroatoms. The highest BCUT2D eigenvalue weighted by Gasteiger charge is 2.16. The van der Waals surface area contributed by atoms with Gasteiger partial charge in [0.15, 0.2) is 0 Å². The van der Waals surface area contributed by atoms with Gasteiger partial charge in [0.05, 0.1) is 11.9 Å². The first kappa shape index (κ1) is 15.0. The number of aromatic amines is 1. The first-order chi connectivity index (χ1) is 11.8. The average Bonchev–Trinajstić information content (AvgIpc) is 3.30. The van der Waals surface area contributed by atoms with Gasteiger partial charge < -0.3 is 9.88 Å². The summed E-state index contributed by atoms with van der Waals surface area (Å²) in [6.07, 6.45) is 4.87. The molecule has 4 rings (SSSR count). The second kappa shape index (κ2) is 6.52. The topological polar surface area (TPSA) is 71.4 Å². The molecular formula is C17H19FN6. The summed E-state index contributed by atoms with van der Waals surface area (Å²) in [6.45, 7) is 2.56. The van der Waals surface area contributed by atoms with Crippen molar-refractivity contribution in [2.45, 2.75) is 32.4 Å². The Labute approximate surface area is 139 Å². The van der Waals surface area contributed by atoms with Crippen LogP contribution in [0.3, 0.4) is 0 Å². The fraction of sp³-hybridized carbons (Fsp3) is 0.353. The zero-order chi connectivity index (χ0) is 16.4. The predicted molar refractivity (Wildman–Crippen MR) is 87.7 cm³/mol. The smallest absolute Gasteiger partial charge is 0.134 e. The summed E-state index contributed by atoms with van der Waals surface area (Å²) in [5.41, 5.74) is 2.92. The van der Waals surface area contributed by atoms with Gasteiger partial charge in [0.2, 0.25) is 0 Å². The summed E-state index contributed by atoms with van der Waals surface area (Å²) in [5, 5.41) is 19.0. The molecule has 0 spiro atoms. The maximum atomic E-state index is 13.1. The van der Waals surface area contributed by atoms with Crippen molar-refractivity contribution in [2.24, 2.45) is 0 Å². The van der Waals surface area contributed by atoms with Crippen molar-refractivity contribution in [3.8, 4) is 11.3 Å². The Morgan fingerprint density at radius 3 is 2.96 bits per heavy atom. The van der Waals surface area contributed by atoms with Crippen molar-refractivity contribution in [2.75, 3.05) is 6.54 Å². The molecule has 0 saturated carbocycles. The molecule has 2 N–H and O–H groups in total. The minimum absolute atomic E-state index is 0.237. The Kier molecular flexibility index (Phi) is 4.08. The summed E-state index contributed by atoms with van der Waals surface area (Å²) in [5.74, 6) is 1.93. The van der Waals surface area contributed by atoms with Gasteiger partial charge in [0.1, 0.15) is 17.5 Å². The molecule has 0 saturated heterocycles. The zero-order valence-corrected chi connectivity index (χ0v) is 13.3. The first-order valence-electron chi connectivity index (χ1n) is 8.21. The van der Waals surface area contributed by atoms with Crippen LogP contribution in [0, 0.1) is 5.82 Å². The normalized spacial score (nSPS) is 13.4. The molecule has 3 aromatic rings. The van der Waals surface area contributed by atoms with E-state index in [2.05, 4.69) is 30.3 Å². The molecule has 1 aliphatic heterocycles. The number of fused-ring (bicyclic) bond motifs is 1. The number of H-pyrrole nitrogens is 1. The van der Waals surface area contributed by atoms with Crippen molar-refractivity contribution in [1.82, 2.24) is 30.3 Å². The van der Waals surface area contributed by atoms with Crippen molar-refractivity contribution < 1.29 is 4.39 Å². The van der Waals surface area contributed by atoms with Crippen LogP contribution in [-0.4, -0.2) is 31.5 Å². The quantitative estimate of drug-likeness (QED) is 0.681. The molecule has 0 aliphatic carbocycles. The number of hydrogen-bond donors (Lipinski definition) is 2. The van der Waals surface area contributed by atoms with Crippen molar-refractivity contribution in [3.63, 3.8) is 0 Å². The summed E-state index contributed by atoms with van der Waals surface area (Å²) < 4.78 is 15.3. The Morgan fingerprint density at radius 2 is 2.08 bits per heavy atom. The standard InChI is InChI=1S/C17H19FN6/c18-14-5-3-12(4-6-14)17-13(11-20-23-17)10-19-8-7-16-22-21-15-2-1-9-24(15)16/h3-6,11,19H,1-2,7-10H2,(H,20,23). The third kappa shape index (κ3) is 2.94. The molecule has 3 heterocycles. The number of nitrogens with one attached hydrogen (secondary N) is 2. The molecule has 1 aliphatic rings. The van der Waals surface area contributed by atoms with Crippen LogP contribution in [0.1, 0.15) is 23.6 Å². The van der Waals surface area contributed by atoms with E-state index >= 15 is 0 Å². The second-order valence-electron chi connectivity index (χ2n) is 5.99. The Bertz CT molecular complexity index is 820. The summed E-state index contributed by atoms with van der Waals surface area (Å²) in [6, 6.07) is 6.43. The van der Waals surface area contributed by atoms with Gasteiger partial charge in [0, 0.05) is 43.6 Å². The van der Waals surface area contributed by atoms with Crippen LogP contribution in [0.2, 0.25) is 0 Å². The van der Waals surface area contributed by atoms with E-state index in [1.54, 1.807) is 18.3 Å². The summed E-state index contributed by atoms with van der Waals surface area (Å²) in [4.78, 5) is 0. The lowest BCUT2D eigenvalue weighted by molar-refractivity contribution is 0.627. The maximum absolute atomic E-state index is 13.1. The molecular weight excluding hydrogens is 307 g/mol. The number of hydrogen-bond acceptors (Lipinski definition) is 4. The SMILES string of the molecule is Fc1ccc(-c2[nH]ncc2CNCCc2nnc3n2CCC3)cc1. The predicted octanol–water partition coefficient (Wildman–Crippen LogP) is 2.09. The van der Waals surface area contributed by atoms with Crippen LogP contribution in [-0.2, 0) is 25.9 Å². The molecule has 6 nitrogen and oxygen atoms in total. The second-order valence-corrected chi connectivity index (χ2v) is 5.99. The van der Waals surface area contributed by atoms with Gasteiger partial charge in [-0.2, -0.15) is 5.10 Å². The maximum Gasteiger partial charge on any atom is 0.134 e. The van der Waals surface area contributed by atoms with Gasteiger partial charge in [0.25, 0.3) is 0 Å². The molecule has 0 bridgehead atoms. The summed E-state index contributed by atoms with van der Waals surface area (Å²) >= 11 is 0. The minimum atomic E-state index is -0.237. The van der Waals surface area contributed by atoms with Crippen molar-refractivity contribution in [1.29, 1.82) is 0 Å². The molecule has 2 aromatic heterocycles. The highest BCUT2D eigenvalue weighted by atomic mass is 19.1. The van der Waals surface area contributed by atoms with Crippen LogP contribution in [0.15, 0.2) is 30.5 Å². The molecule has 24 heavy (non-hydrogen) atoms. The van der Waals surface area contributed by atoms with Crippen LogP contribution in [0.25, 0.3) is 11.3 Å². The summed E-state index contributed by atoms with van der Waals surface area (Å²) in [7, 11) is 0. The number of rotatable bonds is 6. The van der Waals surface area contributed by atoms with E-state index in [0.717, 1.165) is 54.4 Å². The Balaban J connectivity index is 1.35. The minimum Gasteiger partial charge on any atom is -0.315 e. The van der Waals surface area contributed by atoms with E-state index in [4.69, 9.17) is 0 Å². The molecule has 0 fully saturated rings. The monoisotopic (exact) mass is 326 g/mol. The van der Waals surface area contributed by atoms with E-state index in [1.165, 1.54) is 18.6 Å². The van der Waals surface area contributed by atoms with Crippen LogP contribution < -0.4 is 5.32 Å². The Hall–Kier alpha value is -2.54. The third-order valence-corrected chi connectivity index (χ3v) is 4.38. The van der Waals surface area contributed by atoms with Gasteiger partial charge in [-0.1, -0.05) is 0 Å². The van der Waals surface area contributed by atoms with Gasteiger partial charge in [-0.05, 0) is 30.7 Å². The fourth-order valence-electron chi connectivity index (χ4n) is 3.13. The van der Waals surface area contributed by atoms with Gasteiger partial charge >= 0.3 is 0 Å². The largest absolute Gasteiger partial charge is 0.315 e. The Morgan fingerprint density at radius 1 is 1.21 bits per heavy atom. The van der Waals surface area contributed by atoms with Gasteiger partial charge in [-0.25, -0.2) is 4.39 Å². The fourth-order valence-corrected chi connectivity index (χ4v) is 3.13. The number of nitrogens with zero attached hydrogens (tertiary/aromatic N) is 4. The van der Waals surface area contributed by atoms with Crippen molar-refractivity contribution in [3.05, 3.63) is 53.5 Å². The van der Waals surface area contributed by atoms with Crippen LogP contribution in [0.4, 0.5) is 4.39 Å². The van der Waals surface area contributed by atoms with E-state index in [9.17, 15) is 4.39 Å². The molecule has 0 radical (unpaired) electrons. The molecule has 1 aromatic carbocycles. The zero-order valence-electron chi connectivity index (χ0n) is 13.3. The van der Waals surface area contributed by atoms with Gasteiger partial charge in [-0.3, -0.25) is 5.10 Å². The van der Waals surface area contributed by atoms with Crippen LogP contribution in [0.5, 0.6) is 0 Å². The number of aryl methyl sites for hydroxylation is 1. The molecule has 0 amide bonds. The number of benzene rings is 1. The lowest BCUT2D eigenvalue weighted by Gasteiger charge is -2.06. The number of halogens is 1. The average molecular weight is 326 g/mol. The highest BCUT2D eigenvalue weighted by Crippen LogP contribution is 2.21. The molecule has 0 atom stereocenters. The lowest BCUT2D eigenvalue weighted by atomic mass is 10.1. The van der Waals surface area contributed by atoms with E-state index in [-0.39, 0.29) is 5.82 Å². The van der Waals surface area contributed by atoms with Crippen LogP contribution >= 0.6 is 0 Å². The molecule has 124 valence electrons. The lowest BCUT2D eigenvalue weighted by Crippen LogP contribution is -2.18. The van der Waals surface area contributed by atoms with E-state index in [0.29, 0.717) is 6.54 Å². The van der Waals surface area contributed by atoms with Crippen molar-refractivity contribution >= 4 is 0 Å². The molecule has 0 unspecified atom stereocenters. The van der Waals surface area contributed by atoms with Gasteiger partial charge in [-0.15, -0.1) is 10.2 Å². The first-order valence-corrected chi connectivity index (χ1v) is 8.21.